The van der Waals surface area contributed by atoms with Crippen molar-refractivity contribution in [3.05, 3.63) is 186 Å². The third-order valence-electron chi connectivity index (χ3n) is 14.6. The molecule has 7 aromatic carbocycles. The van der Waals surface area contributed by atoms with Crippen LogP contribution in [0.3, 0.4) is 0 Å². The first-order valence-electron chi connectivity index (χ1n) is 20.6. The quantitative estimate of drug-likeness (QED) is 0.172. The molecule has 266 valence electrons. The minimum atomic E-state index is 0.129. The maximum Gasteiger partial charge on any atom is 0.0541 e. The molecule has 5 atom stereocenters. The average Bonchev–Trinajstić information content (AvgIpc) is 3.84. The predicted molar refractivity (Wildman–Crippen MR) is 229 cm³/mol. The monoisotopic (exact) mass is 707 g/mol. The van der Waals surface area contributed by atoms with E-state index in [1.54, 1.807) is 11.1 Å². The summed E-state index contributed by atoms with van der Waals surface area (Å²) in [6.07, 6.45) is 5.50. The molecule has 2 saturated carbocycles. The van der Waals surface area contributed by atoms with Crippen molar-refractivity contribution in [1.29, 1.82) is 0 Å². The van der Waals surface area contributed by atoms with Crippen molar-refractivity contribution in [3.63, 3.8) is 0 Å². The molecule has 2 fully saturated rings. The van der Waals surface area contributed by atoms with Gasteiger partial charge in [0.05, 0.1) is 11.0 Å². The fraction of sp³-hybridized carbons (Fsp3) is 0.222. The molecule has 8 aromatic rings. The maximum absolute atomic E-state index is 2.57. The second kappa shape index (κ2) is 11.7. The molecule has 0 saturated heterocycles. The van der Waals surface area contributed by atoms with Gasteiger partial charge in [-0.3, -0.25) is 0 Å². The molecule has 4 aliphatic carbocycles. The maximum atomic E-state index is 2.57. The smallest absolute Gasteiger partial charge is 0.0541 e. The van der Waals surface area contributed by atoms with Crippen LogP contribution in [0.15, 0.2) is 158 Å². The van der Waals surface area contributed by atoms with E-state index in [9.17, 15) is 0 Å². The summed E-state index contributed by atoms with van der Waals surface area (Å²) >= 11 is 0. The van der Waals surface area contributed by atoms with Gasteiger partial charge in [0, 0.05) is 27.8 Å². The zero-order valence-electron chi connectivity index (χ0n) is 31.7. The highest BCUT2D eigenvalue weighted by atomic mass is 15.0. The zero-order valence-corrected chi connectivity index (χ0v) is 31.7. The first-order valence-corrected chi connectivity index (χ1v) is 20.6. The lowest BCUT2D eigenvalue weighted by Gasteiger charge is -2.54. The van der Waals surface area contributed by atoms with Crippen LogP contribution in [-0.2, 0) is 5.41 Å². The molecule has 12 rings (SSSR count). The Morgan fingerprint density at radius 1 is 0.491 bits per heavy atom. The predicted octanol–water partition coefficient (Wildman–Crippen LogP) is 14.0. The first-order chi connectivity index (χ1) is 27.1. The molecule has 55 heavy (non-hydrogen) atoms. The molecule has 4 aliphatic rings. The average molecular weight is 708 g/mol. The minimum Gasteiger partial charge on any atom is -0.309 e. The number of hydrogen-bond donors (Lipinski definition) is 0. The highest BCUT2D eigenvalue weighted by Crippen LogP contribution is 2.64. The molecule has 1 spiro atoms. The van der Waals surface area contributed by atoms with Gasteiger partial charge in [-0.2, -0.15) is 0 Å². The van der Waals surface area contributed by atoms with Crippen LogP contribution >= 0.6 is 0 Å². The van der Waals surface area contributed by atoms with Gasteiger partial charge in [-0.25, -0.2) is 0 Å². The van der Waals surface area contributed by atoms with Gasteiger partial charge in [0.1, 0.15) is 0 Å². The van der Waals surface area contributed by atoms with E-state index in [1.807, 2.05) is 0 Å². The highest BCUT2D eigenvalue weighted by Gasteiger charge is 2.56. The Kier molecular flexibility index (Phi) is 6.72. The number of para-hydroxylation sites is 1. The van der Waals surface area contributed by atoms with Gasteiger partial charge in [0.2, 0.25) is 0 Å². The van der Waals surface area contributed by atoms with Gasteiger partial charge in [0.15, 0.2) is 0 Å². The van der Waals surface area contributed by atoms with Gasteiger partial charge in [-0.1, -0.05) is 135 Å². The molecule has 2 bridgehead atoms. The van der Waals surface area contributed by atoms with E-state index in [0.717, 1.165) is 17.8 Å². The Hall–Kier alpha value is -5.66. The van der Waals surface area contributed by atoms with E-state index in [1.165, 1.54) is 103 Å². The summed E-state index contributed by atoms with van der Waals surface area (Å²) < 4.78 is 2.48. The van der Waals surface area contributed by atoms with Gasteiger partial charge in [0.25, 0.3) is 0 Å². The van der Waals surface area contributed by atoms with E-state index in [4.69, 9.17) is 0 Å². The molecule has 0 radical (unpaired) electrons. The number of fused-ring (bicyclic) bond motifs is 14. The van der Waals surface area contributed by atoms with Crippen LogP contribution in [0.1, 0.15) is 73.3 Å². The molecule has 5 unspecified atom stereocenters. The Balaban J connectivity index is 0.987. The summed E-state index contributed by atoms with van der Waals surface area (Å²) in [5.41, 5.74) is 19.4. The Morgan fingerprint density at radius 2 is 1.16 bits per heavy atom. The van der Waals surface area contributed by atoms with Crippen molar-refractivity contribution < 1.29 is 0 Å². The van der Waals surface area contributed by atoms with Crippen LogP contribution in [-0.4, -0.2) is 4.57 Å². The lowest BCUT2D eigenvalue weighted by molar-refractivity contribution is 0.0426. The van der Waals surface area contributed by atoms with Gasteiger partial charge >= 0.3 is 0 Å². The fourth-order valence-electron chi connectivity index (χ4n) is 12.7. The van der Waals surface area contributed by atoms with E-state index < -0.39 is 0 Å². The number of rotatable bonds is 3. The van der Waals surface area contributed by atoms with E-state index >= 15 is 0 Å². The second-order valence-corrected chi connectivity index (χ2v) is 17.5. The SMILES string of the molecule is CC1CC2CC(C)C3(c4ccccc4-c4cc(-c5ccc6c(c5)c5ccccc5n6-c5cccc(C6c7ccccc7-c7ccccc76)c5)ccc43)C(C1)C2. The summed E-state index contributed by atoms with van der Waals surface area (Å²) in [6, 6.07) is 60.3. The van der Waals surface area contributed by atoms with Crippen molar-refractivity contribution in [3.8, 4) is 39.1 Å². The lowest BCUT2D eigenvalue weighted by atomic mass is 9.49. The van der Waals surface area contributed by atoms with Crippen LogP contribution in [0.5, 0.6) is 0 Å². The topological polar surface area (TPSA) is 4.93 Å². The fourth-order valence-corrected chi connectivity index (χ4v) is 12.7. The molecule has 1 nitrogen and oxygen atoms in total. The molecule has 1 heterocycles. The minimum absolute atomic E-state index is 0.129. The number of benzene rings is 7. The highest BCUT2D eigenvalue weighted by molar-refractivity contribution is 6.10. The molecule has 0 aliphatic heterocycles. The Labute approximate surface area is 324 Å². The number of aromatic nitrogens is 1. The van der Waals surface area contributed by atoms with Crippen LogP contribution in [0.2, 0.25) is 0 Å². The third kappa shape index (κ3) is 4.36. The normalized spacial score (nSPS) is 23.5. The zero-order chi connectivity index (χ0) is 36.4. The third-order valence-corrected chi connectivity index (χ3v) is 14.6. The van der Waals surface area contributed by atoms with E-state index in [-0.39, 0.29) is 11.3 Å². The molecule has 1 heteroatoms. The molecule has 1 aromatic heterocycles. The molecule has 0 amide bonds. The molecule has 0 N–H and O–H groups in total. The van der Waals surface area contributed by atoms with Crippen LogP contribution in [0.25, 0.3) is 60.9 Å². The van der Waals surface area contributed by atoms with Crippen molar-refractivity contribution in [2.75, 3.05) is 0 Å². The first kappa shape index (κ1) is 31.7. The van der Waals surface area contributed by atoms with Gasteiger partial charge < -0.3 is 4.57 Å². The summed E-state index contributed by atoms with van der Waals surface area (Å²) in [5.74, 6) is 3.29. The summed E-state index contributed by atoms with van der Waals surface area (Å²) in [4.78, 5) is 0. The van der Waals surface area contributed by atoms with Crippen molar-refractivity contribution in [2.24, 2.45) is 23.7 Å². The van der Waals surface area contributed by atoms with Crippen molar-refractivity contribution >= 4 is 21.8 Å². The Bertz CT molecular complexity index is 2800. The van der Waals surface area contributed by atoms with Gasteiger partial charge in [-0.05, 0) is 147 Å². The van der Waals surface area contributed by atoms with Crippen LogP contribution < -0.4 is 0 Å². The Morgan fingerprint density at radius 3 is 2.00 bits per heavy atom. The van der Waals surface area contributed by atoms with E-state index in [2.05, 4.69) is 176 Å². The van der Waals surface area contributed by atoms with Gasteiger partial charge in [-0.15, -0.1) is 0 Å². The van der Waals surface area contributed by atoms with Crippen LogP contribution in [0, 0.1) is 23.7 Å². The largest absolute Gasteiger partial charge is 0.309 e. The van der Waals surface area contributed by atoms with Crippen molar-refractivity contribution in [2.45, 2.75) is 50.9 Å². The number of hydrogen-bond acceptors (Lipinski definition) is 0. The van der Waals surface area contributed by atoms with E-state index in [0.29, 0.717) is 5.92 Å². The van der Waals surface area contributed by atoms with Crippen LogP contribution in [0.4, 0.5) is 0 Å². The standard InChI is InChI=1S/C54H45N/c1-33-26-35-28-34(2)54(39(27-33)29-35)49-20-9-7-16-43(49)47-31-36(22-24-50(47)54)37-23-25-52-48(32-37)44-17-8-10-21-51(44)55(52)40-13-11-12-38(30-40)53-45-18-5-3-14-41(45)42-15-4-6-19-46(42)53/h3-25,30-35,39,53H,26-29H2,1-2H3. The van der Waals surface area contributed by atoms with Crippen molar-refractivity contribution in [1.82, 2.24) is 4.57 Å². The summed E-state index contributed by atoms with van der Waals surface area (Å²) in [7, 11) is 0. The summed E-state index contributed by atoms with van der Waals surface area (Å²) in [6.45, 7) is 5.07. The summed E-state index contributed by atoms with van der Waals surface area (Å²) in [5, 5.41) is 2.60. The molecular weight excluding hydrogens is 663 g/mol. The second-order valence-electron chi connectivity index (χ2n) is 17.5. The molecular formula is C54H45N. The number of nitrogens with zero attached hydrogens (tertiary/aromatic N) is 1. The lowest BCUT2D eigenvalue weighted by Crippen LogP contribution is -2.49.